The third-order valence-electron chi connectivity index (χ3n) is 4.80. The number of carbonyl (C=O) groups is 1. The Morgan fingerprint density at radius 3 is 2.41 bits per heavy atom. The van der Waals surface area contributed by atoms with E-state index in [-0.39, 0.29) is 5.91 Å². The number of aliphatic imine (C=N–C) groups is 1. The van der Waals surface area contributed by atoms with E-state index in [9.17, 15) is 4.79 Å². The highest BCUT2D eigenvalue weighted by Gasteiger charge is 2.22. The van der Waals surface area contributed by atoms with Gasteiger partial charge >= 0.3 is 0 Å². The summed E-state index contributed by atoms with van der Waals surface area (Å²) in [5.74, 6) is 2.09. The second kappa shape index (κ2) is 8.36. The van der Waals surface area contributed by atoms with Crippen LogP contribution < -0.4 is 5.32 Å². The summed E-state index contributed by atoms with van der Waals surface area (Å²) in [5.41, 5.74) is 0. The van der Waals surface area contributed by atoms with Crippen molar-refractivity contribution in [2.24, 2.45) is 10.9 Å². The molecule has 0 aromatic rings. The molecule has 0 aromatic carbocycles. The summed E-state index contributed by atoms with van der Waals surface area (Å²) < 4.78 is 0. The largest absolute Gasteiger partial charge is 0.356 e. The van der Waals surface area contributed by atoms with Crippen LogP contribution in [0.3, 0.4) is 0 Å². The fraction of sp³-hybridized carbons (Fsp3) is 0.875. The molecule has 1 saturated heterocycles. The van der Waals surface area contributed by atoms with Crippen LogP contribution in [0.25, 0.3) is 0 Å². The second-order valence-corrected chi connectivity index (χ2v) is 6.59. The van der Waals surface area contributed by atoms with Gasteiger partial charge in [0.2, 0.25) is 5.91 Å². The highest BCUT2D eigenvalue weighted by molar-refractivity contribution is 5.80. The minimum absolute atomic E-state index is 0.209. The summed E-state index contributed by atoms with van der Waals surface area (Å²) >= 11 is 0. The van der Waals surface area contributed by atoms with Crippen LogP contribution in [0.15, 0.2) is 4.99 Å². The van der Waals surface area contributed by atoms with E-state index in [0.717, 1.165) is 51.1 Å². The van der Waals surface area contributed by atoms with Crippen molar-refractivity contribution < 1.29 is 4.79 Å². The Morgan fingerprint density at radius 1 is 1.23 bits per heavy atom. The lowest BCUT2D eigenvalue weighted by Gasteiger charge is -2.37. The molecule has 1 aliphatic carbocycles. The number of carbonyl (C=O) groups excluding carboxylic acids is 1. The first kappa shape index (κ1) is 17.1. The van der Waals surface area contributed by atoms with Gasteiger partial charge in [0, 0.05) is 66.8 Å². The number of rotatable bonds is 5. The van der Waals surface area contributed by atoms with Crippen LogP contribution in [-0.4, -0.2) is 87.0 Å². The van der Waals surface area contributed by atoms with Crippen molar-refractivity contribution >= 4 is 11.9 Å². The smallest absolute Gasteiger partial charge is 0.223 e. The van der Waals surface area contributed by atoms with Gasteiger partial charge in [-0.1, -0.05) is 6.42 Å². The first-order valence-electron chi connectivity index (χ1n) is 8.48. The van der Waals surface area contributed by atoms with Crippen molar-refractivity contribution in [3.05, 3.63) is 0 Å². The molecule has 2 aliphatic rings. The van der Waals surface area contributed by atoms with E-state index in [4.69, 9.17) is 0 Å². The third-order valence-corrected chi connectivity index (χ3v) is 4.80. The standard InChI is InChI=1S/C16H31N5O/c1-17-16(18-13-14-5-4-6-14)21-11-9-20(10-12-21)8-7-15(22)19(2)3/h14H,4-13H2,1-3H3,(H,17,18). The maximum atomic E-state index is 11.6. The maximum absolute atomic E-state index is 11.6. The van der Waals surface area contributed by atoms with Crippen molar-refractivity contribution in [3.63, 3.8) is 0 Å². The number of amides is 1. The number of nitrogens with zero attached hydrogens (tertiary/aromatic N) is 4. The van der Waals surface area contributed by atoms with E-state index < -0.39 is 0 Å². The van der Waals surface area contributed by atoms with E-state index in [1.165, 1.54) is 19.3 Å². The summed E-state index contributed by atoms with van der Waals surface area (Å²) in [7, 11) is 5.50. The molecule has 1 heterocycles. The zero-order valence-corrected chi connectivity index (χ0v) is 14.3. The fourth-order valence-electron chi connectivity index (χ4n) is 2.93. The monoisotopic (exact) mass is 309 g/mol. The van der Waals surface area contributed by atoms with Crippen molar-refractivity contribution in [3.8, 4) is 0 Å². The minimum Gasteiger partial charge on any atom is -0.356 e. The van der Waals surface area contributed by atoms with E-state index in [1.54, 1.807) is 4.90 Å². The summed E-state index contributed by atoms with van der Waals surface area (Å²) in [5, 5.41) is 3.52. The summed E-state index contributed by atoms with van der Waals surface area (Å²) in [6.45, 7) is 5.90. The highest BCUT2D eigenvalue weighted by Crippen LogP contribution is 2.25. The minimum atomic E-state index is 0.209. The van der Waals surface area contributed by atoms with E-state index in [2.05, 4.69) is 20.1 Å². The summed E-state index contributed by atoms with van der Waals surface area (Å²) in [6.07, 6.45) is 4.71. The molecule has 1 aliphatic heterocycles. The maximum Gasteiger partial charge on any atom is 0.223 e. The van der Waals surface area contributed by atoms with Crippen LogP contribution in [0.4, 0.5) is 0 Å². The van der Waals surface area contributed by atoms with Crippen LogP contribution in [-0.2, 0) is 4.79 Å². The second-order valence-electron chi connectivity index (χ2n) is 6.59. The van der Waals surface area contributed by atoms with Gasteiger partial charge in [-0.05, 0) is 18.8 Å². The molecule has 0 radical (unpaired) electrons. The Balaban J connectivity index is 1.67. The van der Waals surface area contributed by atoms with Gasteiger partial charge in [0.1, 0.15) is 0 Å². The van der Waals surface area contributed by atoms with Crippen molar-refractivity contribution in [1.82, 2.24) is 20.0 Å². The van der Waals surface area contributed by atoms with Gasteiger partial charge in [-0.15, -0.1) is 0 Å². The molecule has 22 heavy (non-hydrogen) atoms. The Kier molecular flexibility index (Phi) is 6.49. The Hall–Kier alpha value is -1.30. The zero-order valence-electron chi connectivity index (χ0n) is 14.3. The van der Waals surface area contributed by atoms with Gasteiger partial charge in [0.05, 0.1) is 0 Å². The molecule has 1 saturated carbocycles. The van der Waals surface area contributed by atoms with E-state index in [0.29, 0.717) is 6.42 Å². The van der Waals surface area contributed by atoms with Crippen LogP contribution >= 0.6 is 0 Å². The van der Waals surface area contributed by atoms with Gasteiger partial charge in [0.25, 0.3) is 0 Å². The molecule has 2 rings (SSSR count). The number of guanidine groups is 1. The molecule has 1 N–H and O–H groups in total. The van der Waals surface area contributed by atoms with Crippen LogP contribution in [0.1, 0.15) is 25.7 Å². The Morgan fingerprint density at radius 2 is 1.91 bits per heavy atom. The van der Waals surface area contributed by atoms with Gasteiger partial charge in [-0.3, -0.25) is 14.7 Å². The lowest BCUT2D eigenvalue weighted by Crippen LogP contribution is -2.53. The molecule has 0 bridgehead atoms. The third kappa shape index (κ3) is 4.87. The van der Waals surface area contributed by atoms with Gasteiger partial charge in [-0.25, -0.2) is 0 Å². The van der Waals surface area contributed by atoms with Gasteiger partial charge < -0.3 is 15.1 Å². The number of hydrogen-bond donors (Lipinski definition) is 1. The molecule has 0 aromatic heterocycles. The topological polar surface area (TPSA) is 51.2 Å². The van der Waals surface area contributed by atoms with Crippen molar-refractivity contribution in [1.29, 1.82) is 0 Å². The quantitative estimate of drug-likeness (QED) is 0.592. The zero-order chi connectivity index (χ0) is 15.9. The number of hydrogen-bond acceptors (Lipinski definition) is 3. The predicted molar refractivity (Wildman–Crippen MR) is 90.0 cm³/mol. The lowest BCUT2D eigenvalue weighted by atomic mass is 9.85. The molecular weight excluding hydrogens is 278 g/mol. The van der Waals surface area contributed by atoms with Crippen LogP contribution in [0, 0.1) is 5.92 Å². The number of piperazine rings is 1. The number of nitrogens with one attached hydrogen (secondary N) is 1. The van der Waals surface area contributed by atoms with Gasteiger partial charge in [0.15, 0.2) is 5.96 Å². The lowest BCUT2D eigenvalue weighted by molar-refractivity contribution is -0.129. The first-order valence-corrected chi connectivity index (χ1v) is 8.48. The molecule has 0 atom stereocenters. The molecular formula is C16H31N5O. The van der Waals surface area contributed by atoms with E-state index >= 15 is 0 Å². The molecule has 1 amide bonds. The Bertz CT molecular complexity index is 384. The normalized spacial score (nSPS) is 20.7. The van der Waals surface area contributed by atoms with Gasteiger partial charge in [-0.2, -0.15) is 0 Å². The molecule has 6 nitrogen and oxygen atoms in total. The van der Waals surface area contributed by atoms with Crippen molar-refractivity contribution in [2.45, 2.75) is 25.7 Å². The molecule has 0 unspecified atom stereocenters. The average Bonchev–Trinajstić information content (AvgIpc) is 2.48. The van der Waals surface area contributed by atoms with Crippen LogP contribution in [0.2, 0.25) is 0 Å². The van der Waals surface area contributed by atoms with E-state index in [1.807, 2.05) is 21.1 Å². The molecule has 2 fully saturated rings. The van der Waals surface area contributed by atoms with Crippen molar-refractivity contribution in [2.75, 3.05) is 60.4 Å². The van der Waals surface area contributed by atoms with Crippen LogP contribution in [0.5, 0.6) is 0 Å². The molecule has 0 spiro atoms. The predicted octanol–water partition coefficient (Wildman–Crippen LogP) is 0.458. The highest BCUT2D eigenvalue weighted by atomic mass is 16.2. The molecule has 6 heteroatoms. The first-order chi connectivity index (χ1) is 10.6. The summed E-state index contributed by atoms with van der Waals surface area (Å²) in [6, 6.07) is 0. The SMILES string of the molecule is CN=C(NCC1CCC1)N1CCN(CCC(=O)N(C)C)CC1. The Labute approximate surface area is 134 Å². The summed E-state index contributed by atoms with van der Waals surface area (Å²) in [4.78, 5) is 22.4. The fourth-order valence-corrected chi connectivity index (χ4v) is 2.93. The molecule has 126 valence electrons. The average molecular weight is 309 g/mol.